The van der Waals surface area contributed by atoms with Crippen molar-refractivity contribution >= 4 is 11.9 Å². The Balaban J connectivity index is 1.95. The summed E-state index contributed by atoms with van der Waals surface area (Å²) in [6, 6.07) is 17.1. The predicted octanol–water partition coefficient (Wildman–Crippen LogP) is 2.30. The van der Waals surface area contributed by atoms with Crippen molar-refractivity contribution in [2.24, 2.45) is 5.73 Å². The molecule has 20 heavy (non-hydrogen) atoms. The molecule has 3 amide bonds. The van der Waals surface area contributed by atoms with Crippen molar-refractivity contribution in [3.63, 3.8) is 0 Å². The zero-order chi connectivity index (χ0) is 14.4. The molecule has 3 N–H and O–H groups in total. The molecule has 2 aromatic carbocycles. The molecule has 0 aromatic heterocycles. The highest BCUT2D eigenvalue weighted by atomic mass is 16.2. The fourth-order valence-corrected chi connectivity index (χ4v) is 1.85. The molecule has 0 fully saturated rings. The maximum absolute atomic E-state index is 11.2. The maximum atomic E-state index is 11.2. The van der Waals surface area contributed by atoms with Crippen LogP contribution < -0.4 is 11.1 Å². The van der Waals surface area contributed by atoms with Gasteiger partial charge in [-0.15, -0.1) is 0 Å². The van der Waals surface area contributed by atoms with Crippen molar-refractivity contribution in [2.45, 2.75) is 6.42 Å². The van der Waals surface area contributed by atoms with Crippen molar-refractivity contribution in [3.05, 3.63) is 66.6 Å². The van der Waals surface area contributed by atoms with Crippen LogP contribution in [0.2, 0.25) is 0 Å². The van der Waals surface area contributed by atoms with Crippen molar-refractivity contribution in [1.29, 1.82) is 0 Å². The Kier molecular flexibility index (Phi) is 4.50. The number of benzene rings is 2. The quantitative estimate of drug-likeness (QED) is 0.892. The van der Waals surface area contributed by atoms with Crippen molar-refractivity contribution in [3.8, 4) is 11.1 Å². The van der Waals surface area contributed by atoms with Gasteiger partial charge in [0.15, 0.2) is 0 Å². The lowest BCUT2D eigenvalue weighted by molar-refractivity contribution is -0.116. The molecule has 0 aliphatic carbocycles. The molecule has 0 heterocycles. The number of imide groups is 1. The third kappa shape index (κ3) is 3.95. The van der Waals surface area contributed by atoms with Crippen LogP contribution in [0.5, 0.6) is 0 Å². The van der Waals surface area contributed by atoms with E-state index in [1.165, 1.54) is 6.42 Å². The number of urea groups is 1. The first-order valence-electron chi connectivity index (χ1n) is 6.23. The van der Waals surface area contributed by atoms with E-state index >= 15 is 0 Å². The first kappa shape index (κ1) is 13.8. The normalized spacial score (nSPS) is 10.0. The van der Waals surface area contributed by atoms with Gasteiger partial charge in [-0.05, 0) is 23.1 Å². The first-order chi connectivity index (χ1) is 9.65. The molecule has 2 rings (SSSR count). The summed E-state index contributed by atoms with van der Waals surface area (Å²) in [5, 5.41) is 1.99. The zero-order valence-electron chi connectivity index (χ0n) is 10.9. The highest BCUT2D eigenvalue weighted by molar-refractivity contribution is 5.98. The second kappa shape index (κ2) is 6.52. The Hall–Kier alpha value is -2.62. The third-order valence-corrected chi connectivity index (χ3v) is 2.83. The molecular weight excluding hydrogens is 252 g/mol. The summed E-state index contributed by atoms with van der Waals surface area (Å²) in [5.74, 6) is -0.482. The second-order valence-electron chi connectivity index (χ2n) is 4.32. The lowest BCUT2D eigenvalue weighted by atomic mass is 10.0. The summed E-state index contributed by atoms with van der Waals surface area (Å²) in [6.07, 6.45) is 1.84. The Bertz CT molecular complexity index is 592. The minimum Gasteiger partial charge on any atom is -0.351 e. The largest absolute Gasteiger partial charge is 0.351 e. The Morgan fingerprint density at radius 2 is 1.55 bits per heavy atom. The topological polar surface area (TPSA) is 72.2 Å². The van der Waals surface area contributed by atoms with E-state index < -0.39 is 11.9 Å². The van der Waals surface area contributed by atoms with E-state index in [0.717, 1.165) is 16.7 Å². The van der Waals surface area contributed by atoms with E-state index in [0.29, 0.717) is 6.42 Å². The molecule has 0 aliphatic rings. The fraction of sp³-hybridized carbons (Fsp3) is 0.0625. The Labute approximate surface area is 117 Å². The summed E-state index contributed by atoms with van der Waals surface area (Å²) in [4.78, 5) is 21.7. The number of hydrogen-bond acceptors (Lipinski definition) is 2. The number of primary amides is 1. The number of carbonyl (C=O) groups excluding carboxylic acids is 2. The van der Waals surface area contributed by atoms with E-state index in [4.69, 9.17) is 5.73 Å². The van der Waals surface area contributed by atoms with Crippen LogP contribution in [0.4, 0.5) is 4.79 Å². The summed E-state index contributed by atoms with van der Waals surface area (Å²) >= 11 is 0. The molecular formula is C16H15N2O2. The van der Waals surface area contributed by atoms with Gasteiger partial charge in [0.25, 0.3) is 0 Å². The number of nitrogens with one attached hydrogen (secondary N) is 1. The minimum atomic E-state index is -0.842. The van der Waals surface area contributed by atoms with Gasteiger partial charge in [0.2, 0.25) is 5.91 Å². The summed E-state index contributed by atoms with van der Waals surface area (Å²) in [7, 11) is 0. The van der Waals surface area contributed by atoms with Crippen molar-refractivity contribution in [1.82, 2.24) is 5.32 Å². The molecule has 0 bridgehead atoms. The number of carbonyl (C=O) groups is 2. The van der Waals surface area contributed by atoms with E-state index in [2.05, 4.69) is 0 Å². The van der Waals surface area contributed by atoms with Gasteiger partial charge in [-0.1, -0.05) is 54.6 Å². The molecule has 0 aliphatic heterocycles. The fourth-order valence-electron chi connectivity index (χ4n) is 1.85. The van der Waals surface area contributed by atoms with Gasteiger partial charge in [0.1, 0.15) is 0 Å². The highest BCUT2D eigenvalue weighted by Crippen LogP contribution is 2.19. The molecule has 4 nitrogen and oxygen atoms in total. The number of hydrogen-bond donors (Lipinski definition) is 2. The average Bonchev–Trinajstić information content (AvgIpc) is 2.46. The molecule has 0 spiro atoms. The van der Waals surface area contributed by atoms with E-state index in [-0.39, 0.29) is 0 Å². The molecule has 0 saturated heterocycles. The Morgan fingerprint density at radius 3 is 2.15 bits per heavy atom. The monoisotopic (exact) mass is 267 g/mol. The summed E-state index contributed by atoms with van der Waals surface area (Å²) in [5.41, 5.74) is 8.11. The zero-order valence-corrected chi connectivity index (χ0v) is 10.9. The lowest BCUT2D eigenvalue weighted by Crippen LogP contribution is -2.35. The van der Waals surface area contributed by atoms with Crippen LogP contribution in [0.1, 0.15) is 5.56 Å². The average molecular weight is 267 g/mol. The van der Waals surface area contributed by atoms with Crippen LogP contribution in [0.15, 0.2) is 54.6 Å². The minimum absolute atomic E-state index is 0.453. The van der Waals surface area contributed by atoms with E-state index in [1.54, 1.807) is 0 Å². The molecule has 2 aromatic rings. The maximum Gasteiger partial charge on any atom is 0.318 e. The molecule has 4 heteroatoms. The van der Waals surface area contributed by atoms with Gasteiger partial charge in [-0.2, -0.15) is 0 Å². The lowest BCUT2D eigenvalue weighted by Gasteiger charge is -2.04. The number of nitrogens with two attached hydrogens (primary N) is 1. The van der Waals surface area contributed by atoms with Gasteiger partial charge >= 0.3 is 6.03 Å². The SMILES string of the molecule is NC(=O)NC(=O)[CH]Cc1ccc(-c2ccccc2)cc1. The Morgan fingerprint density at radius 1 is 0.950 bits per heavy atom. The van der Waals surface area contributed by atoms with Crippen molar-refractivity contribution in [2.75, 3.05) is 0 Å². The predicted molar refractivity (Wildman–Crippen MR) is 77.6 cm³/mol. The first-order valence-corrected chi connectivity index (χ1v) is 6.23. The van der Waals surface area contributed by atoms with Gasteiger partial charge in [-0.3, -0.25) is 10.1 Å². The van der Waals surface area contributed by atoms with Crippen LogP contribution >= 0.6 is 0 Å². The molecule has 0 atom stereocenters. The number of amides is 3. The molecule has 1 radical (unpaired) electrons. The van der Waals surface area contributed by atoms with Gasteiger partial charge in [-0.25, -0.2) is 4.79 Å². The van der Waals surface area contributed by atoms with Crippen LogP contribution in [-0.4, -0.2) is 11.9 Å². The number of rotatable bonds is 4. The third-order valence-electron chi connectivity index (χ3n) is 2.83. The van der Waals surface area contributed by atoms with E-state index in [1.807, 2.05) is 59.9 Å². The van der Waals surface area contributed by atoms with E-state index in [9.17, 15) is 9.59 Å². The second-order valence-corrected chi connectivity index (χ2v) is 4.32. The van der Waals surface area contributed by atoms with Crippen LogP contribution in [0, 0.1) is 6.42 Å². The van der Waals surface area contributed by atoms with Gasteiger partial charge in [0, 0.05) is 0 Å². The van der Waals surface area contributed by atoms with Gasteiger partial charge in [0.05, 0.1) is 6.42 Å². The van der Waals surface area contributed by atoms with Crippen molar-refractivity contribution < 1.29 is 9.59 Å². The smallest absolute Gasteiger partial charge is 0.318 e. The van der Waals surface area contributed by atoms with Crippen LogP contribution in [0.3, 0.4) is 0 Å². The van der Waals surface area contributed by atoms with Gasteiger partial charge < -0.3 is 5.73 Å². The highest BCUT2D eigenvalue weighted by Gasteiger charge is 2.05. The van der Waals surface area contributed by atoms with Crippen LogP contribution in [-0.2, 0) is 11.2 Å². The van der Waals surface area contributed by atoms with Crippen LogP contribution in [0.25, 0.3) is 11.1 Å². The molecule has 0 unspecified atom stereocenters. The molecule has 101 valence electrons. The summed E-state index contributed by atoms with van der Waals surface area (Å²) < 4.78 is 0. The standard InChI is InChI=1S/C16H15N2O2/c17-16(20)18-15(19)11-8-12-6-9-14(10-7-12)13-4-2-1-3-5-13/h1-7,9-11H,8H2,(H3,17,18,19,20). The summed E-state index contributed by atoms with van der Waals surface area (Å²) in [6.45, 7) is 0. The molecule has 0 saturated carbocycles.